The van der Waals surface area contributed by atoms with Crippen LogP contribution in [-0.4, -0.2) is 27.7 Å². The molecule has 92 valence electrons. The minimum absolute atomic E-state index is 0.169. The van der Waals surface area contributed by atoms with Gasteiger partial charge in [-0.3, -0.25) is 0 Å². The number of nitrogens with one attached hydrogen (secondary N) is 1. The number of fused-ring (bicyclic) bond motifs is 1. The third-order valence-corrected chi connectivity index (χ3v) is 2.82. The molecule has 0 saturated heterocycles. The second-order valence-corrected chi connectivity index (χ2v) is 4.40. The predicted octanol–water partition coefficient (Wildman–Crippen LogP) is 1.32. The topological polar surface area (TPSA) is 89.9 Å². The lowest BCUT2D eigenvalue weighted by Gasteiger charge is -2.21. The maximum Gasteiger partial charge on any atom is 0.263 e. The molecule has 17 heavy (non-hydrogen) atoms. The van der Waals surface area contributed by atoms with E-state index in [1.165, 1.54) is 6.33 Å². The van der Waals surface area contributed by atoms with Gasteiger partial charge >= 0.3 is 0 Å². The van der Waals surface area contributed by atoms with Gasteiger partial charge in [-0.15, -0.1) is 0 Å². The van der Waals surface area contributed by atoms with Gasteiger partial charge in [-0.1, -0.05) is 19.0 Å². The van der Waals surface area contributed by atoms with Crippen LogP contribution in [0.25, 0.3) is 11.1 Å². The van der Waals surface area contributed by atoms with Gasteiger partial charge in [-0.25, -0.2) is 4.98 Å². The van der Waals surface area contributed by atoms with Crippen LogP contribution in [0.15, 0.2) is 10.9 Å². The van der Waals surface area contributed by atoms with Gasteiger partial charge in [-0.05, 0) is 12.8 Å². The summed E-state index contributed by atoms with van der Waals surface area (Å²) in [6.45, 7) is 6.65. The lowest BCUT2D eigenvalue weighted by Crippen LogP contribution is -2.34. The summed E-state index contributed by atoms with van der Waals surface area (Å²) in [6, 6.07) is 0.169. The molecule has 0 amide bonds. The van der Waals surface area contributed by atoms with Crippen molar-refractivity contribution in [1.82, 2.24) is 15.1 Å². The van der Waals surface area contributed by atoms with Crippen molar-refractivity contribution in [2.24, 2.45) is 11.7 Å². The van der Waals surface area contributed by atoms with E-state index in [-0.39, 0.29) is 6.04 Å². The summed E-state index contributed by atoms with van der Waals surface area (Å²) in [6.07, 6.45) is 1.46. The van der Waals surface area contributed by atoms with Gasteiger partial charge in [0.1, 0.15) is 17.5 Å². The van der Waals surface area contributed by atoms with Crippen molar-refractivity contribution in [3.8, 4) is 0 Å². The number of aromatic nitrogens is 3. The van der Waals surface area contributed by atoms with E-state index in [4.69, 9.17) is 10.3 Å². The Hall–Kier alpha value is -1.69. The van der Waals surface area contributed by atoms with Crippen molar-refractivity contribution in [1.29, 1.82) is 0 Å². The Morgan fingerprint density at radius 1 is 1.41 bits per heavy atom. The fourth-order valence-electron chi connectivity index (χ4n) is 1.70. The van der Waals surface area contributed by atoms with E-state index in [0.29, 0.717) is 18.2 Å². The van der Waals surface area contributed by atoms with Gasteiger partial charge in [0, 0.05) is 12.6 Å². The summed E-state index contributed by atoms with van der Waals surface area (Å²) < 4.78 is 5.09. The van der Waals surface area contributed by atoms with Crippen LogP contribution >= 0.6 is 0 Å². The highest BCUT2D eigenvalue weighted by Crippen LogP contribution is 2.23. The van der Waals surface area contributed by atoms with E-state index in [1.807, 2.05) is 6.92 Å². The molecule has 2 heterocycles. The second kappa shape index (κ2) is 4.67. The third-order valence-electron chi connectivity index (χ3n) is 2.82. The van der Waals surface area contributed by atoms with Gasteiger partial charge in [0.25, 0.3) is 5.71 Å². The number of rotatable bonds is 4. The minimum atomic E-state index is 0.169. The summed E-state index contributed by atoms with van der Waals surface area (Å²) in [4.78, 5) is 8.26. The number of hydrogen-bond donors (Lipinski definition) is 2. The molecule has 0 aliphatic carbocycles. The molecule has 2 rings (SSSR count). The number of anilines is 1. The lowest BCUT2D eigenvalue weighted by atomic mass is 10.0. The van der Waals surface area contributed by atoms with Crippen LogP contribution < -0.4 is 11.1 Å². The van der Waals surface area contributed by atoms with Gasteiger partial charge in [0.05, 0.1) is 5.69 Å². The standard InChI is InChI=1S/C11H17N5O/c1-6(2)8(4-12)15-10-9-7(3)16-17-11(9)14-5-13-10/h5-6,8H,4,12H2,1-3H3,(H,13,14,15). The molecule has 3 N–H and O–H groups in total. The van der Waals surface area contributed by atoms with E-state index in [9.17, 15) is 0 Å². The fourth-order valence-corrected chi connectivity index (χ4v) is 1.70. The summed E-state index contributed by atoms with van der Waals surface area (Å²) in [5.74, 6) is 1.16. The summed E-state index contributed by atoms with van der Waals surface area (Å²) in [5.41, 5.74) is 7.01. The lowest BCUT2D eigenvalue weighted by molar-refractivity contribution is 0.442. The van der Waals surface area contributed by atoms with E-state index < -0.39 is 0 Å². The molecule has 0 bridgehead atoms. The van der Waals surface area contributed by atoms with Crippen LogP contribution in [0.4, 0.5) is 5.82 Å². The summed E-state index contributed by atoms with van der Waals surface area (Å²) >= 11 is 0. The molecule has 6 nitrogen and oxygen atoms in total. The molecule has 0 aliphatic heterocycles. The van der Waals surface area contributed by atoms with Crippen molar-refractivity contribution in [3.63, 3.8) is 0 Å². The van der Waals surface area contributed by atoms with Crippen LogP contribution in [0, 0.1) is 12.8 Å². The Labute approximate surface area is 99.6 Å². The Morgan fingerprint density at radius 3 is 2.82 bits per heavy atom. The molecule has 2 aromatic rings. The van der Waals surface area contributed by atoms with E-state index in [2.05, 4.69) is 34.3 Å². The monoisotopic (exact) mass is 235 g/mol. The number of aryl methyl sites for hydroxylation is 1. The molecule has 0 radical (unpaired) electrons. The van der Waals surface area contributed by atoms with Crippen LogP contribution in [0.2, 0.25) is 0 Å². The number of nitrogens with two attached hydrogens (primary N) is 1. The Morgan fingerprint density at radius 2 is 2.18 bits per heavy atom. The van der Waals surface area contributed by atoms with Crippen molar-refractivity contribution >= 4 is 16.9 Å². The van der Waals surface area contributed by atoms with Gasteiger partial charge < -0.3 is 15.6 Å². The zero-order valence-electron chi connectivity index (χ0n) is 10.3. The van der Waals surface area contributed by atoms with Crippen molar-refractivity contribution in [3.05, 3.63) is 12.0 Å². The highest BCUT2D eigenvalue weighted by Gasteiger charge is 2.16. The van der Waals surface area contributed by atoms with Gasteiger partial charge in [-0.2, -0.15) is 4.98 Å². The molecule has 1 unspecified atom stereocenters. The minimum Gasteiger partial charge on any atom is -0.365 e. The molecular formula is C11H17N5O. The summed E-state index contributed by atoms with van der Waals surface area (Å²) in [7, 11) is 0. The molecule has 1 atom stereocenters. The largest absolute Gasteiger partial charge is 0.365 e. The fraction of sp³-hybridized carbons (Fsp3) is 0.545. The van der Waals surface area contributed by atoms with Crippen LogP contribution in [0.3, 0.4) is 0 Å². The first-order valence-electron chi connectivity index (χ1n) is 5.67. The molecule has 0 spiro atoms. The zero-order valence-corrected chi connectivity index (χ0v) is 10.3. The Kier molecular flexibility index (Phi) is 3.23. The zero-order chi connectivity index (χ0) is 12.4. The smallest absolute Gasteiger partial charge is 0.263 e. The first-order valence-corrected chi connectivity index (χ1v) is 5.67. The molecule has 2 aromatic heterocycles. The highest BCUT2D eigenvalue weighted by atomic mass is 16.5. The Balaban J connectivity index is 2.38. The molecule has 0 aromatic carbocycles. The molecule has 6 heteroatoms. The average molecular weight is 235 g/mol. The van der Waals surface area contributed by atoms with Crippen LogP contribution in [0.5, 0.6) is 0 Å². The van der Waals surface area contributed by atoms with Crippen LogP contribution in [0.1, 0.15) is 19.5 Å². The molecule has 0 aliphatic rings. The predicted molar refractivity (Wildman–Crippen MR) is 65.6 cm³/mol. The van der Waals surface area contributed by atoms with Gasteiger partial charge in [0.2, 0.25) is 0 Å². The quantitative estimate of drug-likeness (QED) is 0.830. The van der Waals surface area contributed by atoms with E-state index >= 15 is 0 Å². The SMILES string of the molecule is Cc1noc2ncnc(NC(CN)C(C)C)c12. The highest BCUT2D eigenvalue weighted by molar-refractivity contribution is 5.87. The first kappa shape index (κ1) is 11.8. The second-order valence-electron chi connectivity index (χ2n) is 4.40. The van der Waals surface area contributed by atoms with Gasteiger partial charge in [0.15, 0.2) is 0 Å². The molecular weight excluding hydrogens is 218 g/mol. The van der Waals surface area contributed by atoms with Crippen molar-refractivity contribution in [2.45, 2.75) is 26.8 Å². The number of hydrogen-bond acceptors (Lipinski definition) is 6. The first-order chi connectivity index (χ1) is 8.13. The molecule has 0 saturated carbocycles. The molecule has 0 fully saturated rings. The van der Waals surface area contributed by atoms with Crippen LogP contribution in [-0.2, 0) is 0 Å². The number of nitrogens with zero attached hydrogens (tertiary/aromatic N) is 3. The van der Waals surface area contributed by atoms with Crippen molar-refractivity contribution < 1.29 is 4.52 Å². The van der Waals surface area contributed by atoms with E-state index in [1.54, 1.807) is 0 Å². The van der Waals surface area contributed by atoms with E-state index in [0.717, 1.165) is 16.9 Å². The van der Waals surface area contributed by atoms with Crippen molar-refractivity contribution in [2.75, 3.05) is 11.9 Å². The summed E-state index contributed by atoms with van der Waals surface area (Å²) in [5, 5.41) is 8.03. The maximum atomic E-state index is 5.73. The normalized spacial score (nSPS) is 13.2. The third kappa shape index (κ3) is 2.21. The maximum absolute atomic E-state index is 5.73. The average Bonchev–Trinajstić information content (AvgIpc) is 2.68. The Bertz CT molecular complexity index is 508.